The van der Waals surface area contributed by atoms with E-state index in [4.69, 9.17) is 0 Å². The smallest absolute Gasteiger partial charge is 0.246 e. The Hall–Kier alpha value is -3.02. The molecular formula is C27H32F2N2O2. The van der Waals surface area contributed by atoms with Crippen molar-refractivity contribution in [3.63, 3.8) is 0 Å². The van der Waals surface area contributed by atoms with Gasteiger partial charge in [-0.15, -0.1) is 0 Å². The van der Waals surface area contributed by atoms with E-state index in [0.29, 0.717) is 13.1 Å². The van der Waals surface area contributed by atoms with Gasteiger partial charge in [0.25, 0.3) is 0 Å². The molecule has 0 spiro atoms. The summed E-state index contributed by atoms with van der Waals surface area (Å²) in [6.45, 7) is 4.95. The van der Waals surface area contributed by atoms with Gasteiger partial charge in [0.05, 0.1) is 0 Å². The van der Waals surface area contributed by atoms with E-state index in [1.165, 1.54) is 17.7 Å². The Morgan fingerprint density at radius 3 is 2.39 bits per heavy atom. The highest BCUT2D eigenvalue weighted by atomic mass is 19.1. The zero-order valence-corrected chi connectivity index (χ0v) is 19.5. The normalized spacial score (nSPS) is 15.8. The number of hydrogen-bond acceptors (Lipinski definition) is 2. The summed E-state index contributed by atoms with van der Waals surface area (Å²) in [5, 5.41) is 0. The van der Waals surface area contributed by atoms with Crippen LogP contribution < -0.4 is 0 Å². The molecule has 0 saturated carbocycles. The number of rotatable bonds is 7. The molecule has 0 aliphatic carbocycles. The largest absolute Gasteiger partial charge is 0.342 e. The van der Waals surface area contributed by atoms with E-state index >= 15 is 0 Å². The third kappa shape index (κ3) is 6.50. The van der Waals surface area contributed by atoms with Gasteiger partial charge in [0.1, 0.15) is 11.6 Å². The molecule has 0 aromatic heterocycles. The Bertz CT molecular complexity index is 983. The monoisotopic (exact) mass is 454 g/mol. The number of likely N-dealkylation sites (N-methyl/N-ethyl adjacent to an activating group) is 1. The summed E-state index contributed by atoms with van der Waals surface area (Å²) in [6.07, 6.45) is 4.95. The number of amides is 2. The Labute approximate surface area is 194 Å². The van der Waals surface area contributed by atoms with Crippen LogP contribution in [0, 0.1) is 23.5 Å². The maximum Gasteiger partial charge on any atom is 0.246 e. The molecule has 6 heteroatoms. The van der Waals surface area contributed by atoms with E-state index in [1.54, 1.807) is 4.90 Å². The SMILES string of the molecule is CC(C)C(=O)N(C)C(Cc1ccccc1)C1CCN(C(=O)/C=C/c2cc(F)ccc2F)CC1. The van der Waals surface area contributed by atoms with E-state index in [9.17, 15) is 18.4 Å². The number of piperidine rings is 1. The van der Waals surface area contributed by atoms with Crippen molar-refractivity contribution in [2.24, 2.45) is 11.8 Å². The van der Waals surface area contributed by atoms with Gasteiger partial charge >= 0.3 is 0 Å². The Morgan fingerprint density at radius 1 is 1.09 bits per heavy atom. The predicted molar refractivity (Wildman–Crippen MR) is 126 cm³/mol. The van der Waals surface area contributed by atoms with E-state index in [0.717, 1.165) is 37.5 Å². The van der Waals surface area contributed by atoms with E-state index < -0.39 is 11.6 Å². The highest BCUT2D eigenvalue weighted by Gasteiger charge is 2.33. The lowest BCUT2D eigenvalue weighted by atomic mass is 9.84. The Balaban J connectivity index is 1.66. The molecule has 2 aromatic rings. The van der Waals surface area contributed by atoms with Crippen molar-refractivity contribution >= 4 is 17.9 Å². The highest BCUT2D eigenvalue weighted by Crippen LogP contribution is 2.27. The predicted octanol–water partition coefficient (Wildman–Crippen LogP) is 4.94. The molecule has 3 rings (SSSR count). The van der Waals surface area contributed by atoms with E-state index in [2.05, 4.69) is 12.1 Å². The lowest BCUT2D eigenvalue weighted by Gasteiger charge is -2.40. The molecule has 1 unspecified atom stereocenters. The molecular weight excluding hydrogens is 422 g/mol. The molecule has 1 saturated heterocycles. The van der Waals surface area contributed by atoms with Crippen LogP contribution >= 0.6 is 0 Å². The van der Waals surface area contributed by atoms with Gasteiger partial charge in [-0.05, 0) is 55.0 Å². The number of hydrogen-bond donors (Lipinski definition) is 0. The molecule has 0 N–H and O–H groups in total. The summed E-state index contributed by atoms with van der Waals surface area (Å²) in [5.74, 6) is -1.03. The second kappa shape index (κ2) is 11.2. The van der Waals surface area contributed by atoms with Gasteiger partial charge in [-0.2, -0.15) is 0 Å². The van der Waals surface area contributed by atoms with Crippen LogP contribution in [0.2, 0.25) is 0 Å². The van der Waals surface area contributed by atoms with Crippen molar-refractivity contribution in [2.75, 3.05) is 20.1 Å². The Kier molecular flexibility index (Phi) is 8.37. The van der Waals surface area contributed by atoms with Gasteiger partial charge in [-0.3, -0.25) is 9.59 Å². The average Bonchev–Trinajstić information content (AvgIpc) is 2.82. The molecule has 0 radical (unpaired) electrons. The summed E-state index contributed by atoms with van der Waals surface area (Å²) in [7, 11) is 1.88. The van der Waals surface area contributed by atoms with Gasteiger partial charge in [-0.25, -0.2) is 8.78 Å². The lowest BCUT2D eigenvalue weighted by molar-refractivity contribution is -0.137. The Morgan fingerprint density at radius 2 is 1.76 bits per heavy atom. The first-order chi connectivity index (χ1) is 15.8. The van der Waals surface area contributed by atoms with Crippen molar-refractivity contribution in [3.05, 3.63) is 77.4 Å². The molecule has 0 bridgehead atoms. The van der Waals surface area contributed by atoms with E-state index in [-0.39, 0.29) is 35.3 Å². The van der Waals surface area contributed by atoms with Gasteiger partial charge < -0.3 is 9.80 Å². The van der Waals surface area contributed by atoms with Crippen LogP contribution in [0.15, 0.2) is 54.6 Å². The fraction of sp³-hybridized carbons (Fsp3) is 0.407. The minimum absolute atomic E-state index is 0.0509. The fourth-order valence-corrected chi connectivity index (χ4v) is 4.46. The molecule has 2 amide bonds. The van der Waals surface area contributed by atoms with Crippen LogP contribution in [-0.2, 0) is 16.0 Å². The quantitative estimate of drug-likeness (QED) is 0.556. The summed E-state index contributed by atoms with van der Waals surface area (Å²) < 4.78 is 27.2. The van der Waals surface area contributed by atoms with Crippen molar-refractivity contribution in [1.29, 1.82) is 0 Å². The maximum atomic E-state index is 13.8. The second-order valence-electron chi connectivity index (χ2n) is 9.02. The lowest BCUT2D eigenvalue weighted by Crippen LogP contribution is -2.49. The van der Waals surface area contributed by atoms with E-state index in [1.807, 2.05) is 44.0 Å². The topological polar surface area (TPSA) is 40.6 Å². The van der Waals surface area contributed by atoms with Crippen molar-refractivity contribution in [2.45, 2.75) is 39.2 Å². The van der Waals surface area contributed by atoms with Crippen molar-refractivity contribution < 1.29 is 18.4 Å². The number of benzene rings is 2. The van der Waals surface area contributed by atoms with Gasteiger partial charge in [0.2, 0.25) is 11.8 Å². The maximum absolute atomic E-state index is 13.8. The number of likely N-dealkylation sites (tertiary alicyclic amines) is 1. The fourth-order valence-electron chi connectivity index (χ4n) is 4.46. The third-order valence-corrected chi connectivity index (χ3v) is 6.39. The number of carbonyl (C=O) groups excluding carboxylic acids is 2. The second-order valence-corrected chi connectivity index (χ2v) is 9.02. The molecule has 1 atom stereocenters. The highest BCUT2D eigenvalue weighted by molar-refractivity contribution is 5.91. The van der Waals surface area contributed by atoms with Crippen LogP contribution in [0.4, 0.5) is 8.78 Å². The zero-order chi connectivity index (χ0) is 24.0. The van der Waals surface area contributed by atoms with Gasteiger partial charge in [0.15, 0.2) is 0 Å². The molecule has 1 aliphatic rings. The van der Waals surface area contributed by atoms with Crippen LogP contribution in [-0.4, -0.2) is 47.8 Å². The van der Waals surface area contributed by atoms with Crippen molar-refractivity contribution in [1.82, 2.24) is 9.80 Å². The third-order valence-electron chi connectivity index (χ3n) is 6.39. The zero-order valence-electron chi connectivity index (χ0n) is 19.5. The number of nitrogens with zero attached hydrogens (tertiary/aromatic N) is 2. The van der Waals surface area contributed by atoms with Gasteiger partial charge in [-0.1, -0.05) is 44.2 Å². The van der Waals surface area contributed by atoms with Crippen LogP contribution in [0.25, 0.3) is 6.08 Å². The summed E-state index contributed by atoms with van der Waals surface area (Å²) >= 11 is 0. The minimum atomic E-state index is -0.569. The van der Waals surface area contributed by atoms with Crippen molar-refractivity contribution in [3.8, 4) is 0 Å². The molecule has 1 fully saturated rings. The number of halogens is 2. The molecule has 4 nitrogen and oxygen atoms in total. The average molecular weight is 455 g/mol. The van der Waals surface area contributed by atoms with Crippen LogP contribution in [0.5, 0.6) is 0 Å². The molecule has 33 heavy (non-hydrogen) atoms. The first-order valence-corrected chi connectivity index (χ1v) is 11.5. The minimum Gasteiger partial charge on any atom is -0.342 e. The number of carbonyl (C=O) groups is 2. The standard InChI is InChI=1S/C27H32F2N2O2/c1-19(2)27(33)30(3)25(17-20-7-5-4-6-8-20)21-13-15-31(16-14-21)26(32)12-9-22-18-23(28)10-11-24(22)29/h4-12,18-19,21,25H,13-17H2,1-3H3/b12-9+. The molecule has 1 aliphatic heterocycles. The summed E-state index contributed by atoms with van der Waals surface area (Å²) in [6, 6.07) is 13.4. The first kappa shape index (κ1) is 24.6. The van der Waals surface area contributed by atoms with Crippen LogP contribution in [0.1, 0.15) is 37.8 Å². The summed E-state index contributed by atoms with van der Waals surface area (Å²) in [4.78, 5) is 29.0. The summed E-state index contributed by atoms with van der Waals surface area (Å²) in [5.41, 5.74) is 1.24. The van der Waals surface area contributed by atoms with Gasteiger partial charge in [0, 0.05) is 43.7 Å². The molecule has 176 valence electrons. The van der Waals surface area contributed by atoms with Crippen LogP contribution in [0.3, 0.4) is 0 Å². The first-order valence-electron chi connectivity index (χ1n) is 11.5. The molecule has 1 heterocycles. The molecule has 2 aromatic carbocycles.